The standard InChI is InChI=1S/C28H27ClN2O3S/c29-21-9-7-8-19(16-21)18-31-24-17-20(27(32)30-22-10-3-1-2-4-11-22)14-15-26(24)35(34)25-13-6-5-12-23(25)28(31)33/h5-9,12-17,22H,1-4,10-11,18H2,(H,30,32)/t35-/m0/s1. The Balaban J connectivity index is 1.55. The second-order valence-corrected chi connectivity index (χ2v) is 11.0. The Bertz CT molecular complexity index is 1300. The van der Waals surface area contributed by atoms with E-state index >= 15 is 0 Å². The molecule has 0 aromatic heterocycles. The van der Waals surface area contributed by atoms with Crippen LogP contribution in [0.3, 0.4) is 0 Å². The van der Waals surface area contributed by atoms with Gasteiger partial charge in [-0.2, -0.15) is 0 Å². The number of hydrogen-bond acceptors (Lipinski definition) is 3. The van der Waals surface area contributed by atoms with Gasteiger partial charge in [-0.1, -0.05) is 61.5 Å². The van der Waals surface area contributed by atoms with Crippen LogP contribution in [-0.2, 0) is 17.3 Å². The summed E-state index contributed by atoms with van der Waals surface area (Å²) >= 11 is 6.20. The van der Waals surface area contributed by atoms with E-state index in [1.165, 1.54) is 12.8 Å². The molecule has 180 valence electrons. The van der Waals surface area contributed by atoms with E-state index in [0.717, 1.165) is 31.2 Å². The predicted octanol–water partition coefficient (Wildman–Crippen LogP) is 6.12. The number of rotatable bonds is 4. The third-order valence-electron chi connectivity index (χ3n) is 6.69. The summed E-state index contributed by atoms with van der Waals surface area (Å²) in [5, 5.41) is 3.75. The summed E-state index contributed by atoms with van der Waals surface area (Å²) in [5.74, 6) is -0.420. The van der Waals surface area contributed by atoms with E-state index in [0.29, 0.717) is 31.6 Å². The van der Waals surface area contributed by atoms with Gasteiger partial charge in [-0.15, -0.1) is 0 Å². The highest BCUT2D eigenvalue weighted by atomic mass is 35.5. The van der Waals surface area contributed by atoms with Crippen LogP contribution in [0.15, 0.2) is 76.5 Å². The molecule has 1 atom stereocenters. The molecule has 0 bridgehead atoms. The van der Waals surface area contributed by atoms with Crippen molar-refractivity contribution in [1.29, 1.82) is 0 Å². The summed E-state index contributed by atoms with van der Waals surface area (Å²) in [6.07, 6.45) is 6.61. The summed E-state index contributed by atoms with van der Waals surface area (Å²) in [4.78, 5) is 29.5. The number of carbonyl (C=O) groups is 2. The van der Waals surface area contributed by atoms with E-state index in [2.05, 4.69) is 5.32 Å². The summed E-state index contributed by atoms with van der Waals surface area (Å²) in [5.41, 5.74) is 2.18. The van der Waals surface area contributed by atoms with Gasteiger partial charge in [-0.05, 0) is 60.9 Å². The zero-order valence-corrected chi connectivity index (χ0v) is 20.9. The Labute approximate surface area is 212 Å². The van der Waals surface area contributed by atoms with Crippen LogP contribution in [0.4, 0.5) is 5.69 Å². The molecule has 35 heavy (non-hydrogen) atoms. The van der Waals surface area contributed by atoms with E-state index in [4.69, 9.17) is 11.6 Å². The Morgan fingerprint density at radius 1 is 0.943 bits per heavy atom. The summed E-state index contributed by atoms with van der Waals surface area (Å²) in [7, 11) is -1.56. The fraction of sp³-hybridized carbons (Fsp3) is 0.286. The number of amides is 2. The van der Waals surface area contributed by atoms with Gasteiger partial charge in [-0.3, -0.25) is 9.59 Å². The topological polar surface area (TPSA) is 66.5 Å². The quantitative estimate of drug-likeness (QED) is 0.433. The summed E-state index contributed by atoms with van der Waals surface area (Å²) in [6.45, 7) is 0.242. The molecule has 2 aliphatic rings. The van der Waals surface area contributed by atoms with Crippen LogP contribution < -0.4 is 10.2 Å². The van der Waals surface area contributed by atoms with Crippen molar-refractivity contribution in [2.24, 2.45) is 0 Å². The molecule has 5 nitrogen and oxygen atoms in total. The molecule has 1 aliphatic carbocycles. The highest BCUT2D eigenvalue weighted by Crippen LogP contribution is 2.36. The van der Waals surface area contributed by atoms with Crippen molar-refractivity contribution in [2.45, 2.75) is 60.9 Å². The summed E-state index contributed by atoms with van der Waals surface area (Å²) in [6, 6.07) is 19.6. The molecule has 0 radical (unpaired) electrons. The van der Waals surface area contributed by atoms with E-state index in [-0.39, 0.29) is 24.4 Å². The molecule has 5 rings (SSSR count). The van der Waals surface area contributed by atoms with E-state index in [9.17, 15) is 13.8 Å². The van der Waals surface area contributed by atoms with Gasteiger partial charge in [-0.25, -0.2) is 4.21 Å². The molecule has 1 aliphatic heterocycles. The Hall–Kier alpha value is -2.96. The number of fused-ring (bicyclic) bond motifs is 2. The molecular formula is C28H27ClN2O3S. The fourth-order valence-corrected chi connectivity index (χ4v) is 6.43. The Morgan fingerprint density at radius 3 is 2.49 bits per heavy atom. The predicted molar refractivity (Wildman–Crippen MR) is 138 cm³/mol. The number of nitrogens with one attached hydrogen (secondary N) is 1. The minimum Gasteiger partial charge on any atom is -0.349 e. The molecule has 0 saturated heterocycles. The van der Waals surface area contributed by atoms with Crippen molar-refractivity contribution in [1.82, 2.24) is 5.32 Å². The molecule has 3 aromatic rings. The molecular weight excluding hydrogens is 480 g/mol. The second-order valence-electron chi connectivity index (χ2n) is 9.13. The van der Waals surface area contributed by atoms with Crippen LogP contribution in [0.5, 0.6) is 0 Å². The molecule has 2 amide bonds. The lowest BCUT2D eigenvalue weighted by atomic mass is 10.1. The molecule has 1 N–H and O–H groups in total. The first-order valence-corrected chi connectivity index (χ1v) is 13.6. The van der Waals surface area contributed by atoms with Crippen LogP contribution in [0.25, 0.3) is 0 Å². The SMILES string of the molecule is O=C(NC1CCCCCC1)c1ccc2c(c1)N(Cc1cccc(Cl)c1)C(=O)c1ccccc1[S@@]2=O. The molecule has 3 aromatic carbocycles. The van der Waals surface area contributed by atoms with E-state index < -0.39 is 10.8 Å². The largest absolute Gasteiger partial charge is 0.349 e. The molecule has 1 saturated carbocycles. The highest BCUT2D eigenvalue weighted by Gasteiger charge is 2.31. The number of nitrogens with zero attached hydrogens (tertiary/aromatic N) is 1. The zero-order valence-electron chi connectivity index (χ0n) is 19.3. The minimum absolute atomic E-state index is 0.159. The van der Waals surface area contributed by atoms with Crippen LogP contribution >= 0.6 is 11.6 Å². The first-order valence-electron chi connectivity index (χ1n) is 12.0. The number of anilines is 1. The average molecular weight is 507 g/mol. The van der Waals surface area contributed by atoms with Gasteiger partial charge in [0.1, 0.15) is 0 Å². The van der Waals surface area contributed by atoms with Crippen LogP contribution in [-0.4, -0.2) is 22.1 Å². The third-order valence-corrected chi connectivity index (χ3v) is 8.43. The number of halogens is 1. The van der Waals surface area contributed by atoms with Crippen molar-refractivity contribution in [2.75, 3.05) is 4.90 Å². The van der Waals surface area contributed by atoms with Crippen molar-refractivity contribution >= 4 is 39.9 Å². The lowest BCUT2D eigenvalue weighted by molar-refractivity contribution is 0.0931. The highest BCUT2D eigenvalue weighted by molar-refractivity contribution is 7.85. The lowest BCUT2D eigenvalue weighted by Crippen LogP contribution is -2.35. The molecule has 0 unspecified atom stereocenters. The van der Waals surface area contributed by atoms with Gasteiger partial charge in [0.2, 0.25) is 0 Å². The number of carbonyl (C=O) groups excluding carboxylic acids is 2. The lowest BCUT2D eigenvalue weighted by Gasteiger charge is -2.24. The average Bonchev–Trinajstić information content (AvgIpc) is 3.18. The Kier molecular flexibility index (Phi) is 7.02. The number of hydrogen-bond donors (Lipinski definition) is 1. The second kappa shape index (κ2) is 10.3. The zero-order chi connectivity index (χ0) is 24.4. The van der Waals surface area contributed by atoms with Gasteiger partial charge < -0.3 is 10.2 Å². The summed E-state index contributed by atoms with van der Waals surface area (Å²) < 4.78 is 13.6. The molecule has 0 spiro atoms. The normalized spacial score (nSPS) is 18.3. The third kappa shape index (κ3) is 5.04. The number of benzene rings is 3. The van der Waals surface area contributed by atoms with Crippen LogP contribution in [0, 0.1) is 0 Å². The smallest absolute Gasteiger partial charge is 0.259 e. The monoisotopic (exact) mass is 506 g/mol. The van der Waals surface area contributed by atoms with Gasteiger partial charge in [0.05, 0.1) is 38.4 Å². The van der Waals surface area contributed by atoms with Crippen LogP contribution in [0.1, 0.15) is 64.8 Å². The van der Waals surface area contributed by atoms with Gasteiger partial charge in [0, 0.05) is 16.6 Å². The molecule has 1 fully saturated rings. The fourth-order valence-electron chi connectivity index (χ4n) is 4.87. The van der Waals surface area contributed by atoms with Gasteiger partial charge in [0.25, 0.3) is 11.8 Å². The van der Waals surface area contributed by atoms with Gasteiger partial charge in [0.15, 0.2) is 0 Å². The van der Waals surface area contributed by atoms with Crippen molar-refractivity contribution in [3.05, 3.63) is 88.4 Å². The van der Waals surface area contributed by atoms with Gasteiger partial charge >= 0.3 is 0 Å². The first-order chi connectivity index (χ1) is 17.0. The maximum Gasteiger partial charge on any atom is 0.259 e. The first kappa shape index (κ1) is 23.8. The van der Waals surface area contributed by atoms with Crippen molar-refractivity contribution < 1.29 is 13.8 Å². The van der Waals surface area contributed by atoms with Crippen molar-refractivity contribution in [3.63, 3.8) is 0 Å². The molecule has 7 heteroatoms. The minimum atomic E-state index is -1.56. The van der Waals surface area contributed by atoms with Crippen molar-refractivity contribution in [3.8, 4) is 0 Å². The maximum atomic E-state index is 13.7. The Morgan fingerprint density at radius 2 is 1.71 bits per heavy atom. The maximum absolute atomic E-state index is 13.7. The van der Waals surface area contributed by atoms with E-state index in [1.54, 1.807) is 53.4 Å². The molecule has 1 heterocycles. The van der Waals surface area contributed by atoms with E-state index in [1.807, 2.05) is 18.2 Å². The van der Waals surface area contributed by atoms with Crippen LogP contribution in [0.2, 0.25) is 5.02 Å².